The van der Waals surface area contributed by atoms with Crippen LogP contribution in [0.2, 0.25) is 0 Å². The summed E-state index contributed by atoms with van der Waals surface area (Å²) in [5, 5.41) is 29.5. The maximum absolute atomic E-state index is 10.9. The molecule has 8 heteroatoms. The number of phenols is 1. The quantitative estimate of drug-likeness (QED) is 0.265. The fourth-order valence-corrected chi connectivity index (χ4v) is 6.39. The molecule has 0 bridgehead atoms. The molecule has 202 valence electrons. The predicted molar refractivity (Wildman–Crippen MR) is 157 cm³/mol. The number of hydrogen-bond acceptors (Lipinski definition) is 7. The molecule has 3 aromatic heterocycles. The highest BCUT2D eigenvalue weighted by atomic mass is 16.3. The summed E-state index contributed by atoms with van der Waals surface area (Å²) in [6.07, 6.45) is 3.42. The third-order valence-electron chi connectivity index (χ3n) is 8.68. The molecule has 6 aromatic rings. The lowest BCUT2D eigenvalue weighted by atomic mass is 9.60. The largest absolute Gasteiger partial charge is 0.508 e. The van der Waals surface area contributed by atoms with Crippen molar-refractivity contribution < 1.29 is 10.2 Å². The molecule has 0 atom stereocenters. The summed E-state index contributed by atoms with van der Waals surface area (Å²) in [5.41, 5.74) is 12.9. The molecule has 3 aromatic carbocycles. The van der Waals surface area contributed by atoms with Gasteiger partial charge in [0, 0.05) is 22.2 Å². The molecule has 8 rings (SSSR count). The van der Waals surface area contributed by atoms with Gasteiger partial charge in [-0.2, -0.15) is 0 Å². The van der Waals surface area contributed by atoms with E-state index in [4.69, 9.17) is 15.7 Å². The Morgan fingerprint density at radius 2 is 1.39 bits per heavy atom. The van der Waals surface area contributed by atoms with Crippen molar-refractivity contribution in [3.05, 3.63) is 96.6 Å². The Labute approximate surface area is 236 Å². The Bertz CT molecular complexity index is 1920. The Morgan fingerprint density at radius 3 is 2.10 bits per heavy atom. The molecule has 0 amide bonds. The van der Waals surface area contributed by atoms with Crippen molar-refractivity contribution in [1.29, 1.82) is 0 Å². The van der Waals surface area contributed by atoms with E-state index in [1.807, 2.05) is 59.0 Å². The van der Waals surface area contributed by atoms with Gasteiger partial charge in [0.2, 0.25) is 0 Å². The fourth-order valence-electron chi connectivity index (χ4n) is 6.39. The monoisotopic (exact) mass is 540 g/mol. The van der Waals surface area contributed by atoms with Crippen molar-refractivity contribution in [3.8, 4) is 39.7 Å². The number of hydrogen-bond donors (Lipinski definition) is 3. The van der Waals surface area contributed by atoms with Gasteiger partial charge in [-0.15, -0.1) is 10.2 Å². The summed E-state index contributed by atoms with van der Waals surface area (Å²) in [5.74, 6) is 1.22. The summed E-state index contributed by atoms with van der Waals surface area (Å²) in [7, 11) is 0. The summed E-state index contributed by atoms with van der Waals surface area (Å²) < 4.78 is 1.91. The smallest absolute Gasteiger partial charge is 0.170 e. The third-order valence-corrected chi connectivity index (χ3v) is 8.68. The molecule has 3 heterocycles. The normalized spacial score (nSPS) is 22.2. The predicted octanol–water partition coefficient (Wildman–Crippen LogP) is 5.47. The van der Waals surface area contributed by atoms with Gasteiger partial charge in [0.05, 0.1) is 17.0 Å². The SMILES string of the molecule is N[C@]1(c2ccc(-c3nc4ccc5nnc(-c6ccc(O)cc6)n5c4nc3-c3ccccc3)cc2)C[C@](O)(C2CC2)C1. The zero-order valence-corrected chi connectivity index (χ0v) is 22.3. The molecule has 2 aliphatic rings. The number of pyridine rings is 1. The number of fused-ring (bicyclic) bond motifs is 3. The summed E-state index contributed by atoms with van der Waals surface area (Å²) in [6, 6.07) is 29.0. The molecular formula is C33H28N6O2. The van der Waals surface area contributed by atoms with Crippen LogP contribution in [0.3, 0.4) is 0 Å². The van der Waals surface area contributed by atoms with Crippen molar-refractivity contribution in [3.63, 3.8) is 0 Å². The van der Waals surface area contributed by atoms with Gasteiger partial charge in [0.1, 0.15) is 11.3 Å². The lowest BCUT2D eigenvalue weighted by Gasteiger charge is -2.52. The van der Waals surface area contributed by atoms with Crippen molar-refractivity contribution in [2.75, 3.05) is 0 Å². The lowest BCUT2D eigenvalue weighted by Crippen LogP contribution is -2.60. The van der Waals surface area contributed by atoms with Crippen LogP contribution in [0, 0.1) is 5.92 Å². The minimum atomic E-state index is -0.607. The summed E-state index contributed by atoms with van der Waals surface area (Å²) >= 11 is 0. The van der Waals surface area contributed by atoms with Crippen LogP contribution in [0.5, 0.6) is 5.75 Å². The molecule has 0 aliphatic heterocycles. The number of nitrogens with two attached hydrogens (primary N) is 1. The molecule has 0 saturated heterocycles. The molecule has 0 radical (unpaired) electrons. The highest BCUT2D eigenvalue weighted by Crippen LogP contribution is 2.57. The van der Waals surface area contributed by atoms with Gasteiger partial charge >= 0.3 is 0 Å². The second-order valence-electron chi connectivity index (χ2n) is 11.6. The first-order valence-electron chi connectivity index (χ1n) is 13.9. The molecular weight excluding hydrogens is 512 g/mol. The molecule has 2 fully saturated rings. The Morgan fingerprint density at radius 1 is 0.732 bits per heavy atom. The zero-order valence-electron chi connectivity index (χ0n) is 22.3. The second-order valence-corrected chi connectivity index (χ2v) is 11.6. The molecule has 2 aliphatic carbocycles. The van der Waals surface area contributed by atoms with Gasteiger partial charge in [-0.05, 0) is 73.6 Å². The molecule has 2 saturated carbocycles. The fraction of sp³-hybridized carbons (Fsp3) is 0.212. The number of benzene rings is 3. The van der Waals surface area contributed by atoms with E-state index in [0.29, 0.717) is 41.4 Å². The number of nitrogens with zero attached hydrogens (tertiary/aromatic N) is 5. The Kier molecular flexibility index (Phi) is 5.11. The number of rotatable bonds is 5. The molecule has 0 spiro atoms. The van der Waals surface area contributed by atoms with Gasteiger partial charge < -0.3 is 15.9 Å². The van der Waals surface area contributed by atoms with Crippen LogP contribution in [0.25, 0.3) is 50.7 Å². The first-order chi connectivity index (χ1) is 19.9. The minimum Gasteiger partial charge on any atom is -0.508 e. The maximum atomic E-state index is 10.9. The highest BCUT2D eigenvalue weighted by Gasteiger charge is 2.58. The van der Waals surface area contributed by atoms with Gasteiger partial charge in [0.15, 0.2) is 17.1 Å². The second kappa shape index (κ2) is 8.67. The highest BCUT2D eigenvalue weighted by molar-refractivity contribution is 5.87. The van der Waals surface area contributed by atoms with E-state index in [1.54, 1.807) is 12.1 Å². The number of aromatic hydroxyl groups is 1. The van der Waals surface area contributed by atoms with Gasteiger partial charge in [-0.3, -0.25) is 4.40 Å². The van der Waals surface area contributed by atoms with Crippen LogP contribution in [-0.4, -0.2) is 40.4 Å². The van der Waals surface area contributed by atoms with Crippen LogP contribution in [0.4, 0.5) is 0 Å². The van der Waals surface area contributed by atoms with E-state index < -0.39 is 11.1 Å². The molecule has 0 unspecified atom stereocenters. The molecule has 8 nitrogen and oxygen atoms in total. The standard InChI is InChI=1S/C33H28N6O2/c34-32(18-33(41,19-32)24-12-13-24)23-10-6-21(7-11-23)28-29(20-4-2-1-3-5-20)36-31-26(35-28)16-17-27-37-38-30(39(27)31)22-8-14-25(40)15-9-22/h1-11,14-17,24,40-41H,12-13,18-19,34H2/t32-,33-. The maximum Gasteiger partial charge on any atom is 0.170 e. The van der Waals surface area contributed by atoms with Gasteiger partial charge in [0.25, 0.3) is 0 Å². The van der Waals surface area contributed by atoms with Gasteiger partial charge in [-0.1, -0.05) is 54.6 Å². The molecule has 41 heavy (non-hydrogen) atoms. The van der Waals surface area contributed by atoms with Crippen LogP contribution >= 0.6 is 0 Å². The van der Waals surface area contributed by atoms with E-state index in [-0.39, 0.29) is 5.75 Å². The number of aliphatic hydroxyl groups is 1. The van der Waals surface area contributed by atoms with Crippen LogP contribution in [0.15, 0.2) is 91.0 Å². The summed E-state index contributed by atoms with van der Waals surface area (Å²) in [6.45, 7) is 0. The van der Waals surface area contributed by atoms with Crippen LogP contribution < -0.4 is 5.73 Å². The van der Waals surface area contributed by atoms with Crippen molar-refractivity contribution in [1.82, 2.24) is 24.6 Å². The summed E-state index contributed by atoms with van der Waals surface area (Å²) in [4.78, 5) is 10.3. The average Bonchev–Trinajstić information content (AvgIpc) is 3.76. The number of phenolic OH excluding ortho intramolecular Hbond substituents is 1. The van der Waals surface area contributed by atoms with Crippen molar-refractivity contribution in [2.45, 2.75) is 36.8 Å². The van der Waals surface area contributed by atoms with Crippen LogP contribution in [-0.2, 0) is 5.54 Å². The van der Waals surface area contributed by atoms with E-state index in [1.165, 1.54) is 0 Å². The third kappa shape index (κ3) is 3.90. The van der Waals surface area contributed by atoms with Crippen molar-refractivity contribution in [2.24, 2.45) is 11.7 Å². The average molecular weight is 541 g/mol. The van der Waals surface area contributed by atoms with E-state index in [2.05, 4.69) is 34.5 Å². The molecule has 4 N–H and O–H groups in total. The van der Waals surface area contributed by atoms with Gasteiger partial charge in [-0.25, -0.2) is 9.97 Å². The van der Waals surface area contributed by atoms with E-state index >= 15 is 0 Å². The van der Waals surface area contributed by atoms with E-state index in [0.717, 1.165) is 46.5 Å². The lowest BCUT2D eigenvalue weighted by molar-refractivity contribution is -0.106. The van der Waals surface area contributed by atoms with E-state index in [9.17, 15) is 10.2 Å². The zero-order chi connectivity index (χ0) is 27.8. The first kappa shape index (κ1) is 24.2. The Hall–Kier alpha value is -4.66. The number of aromatic nitrogens is 5. The topological polar surface area (TPSA) is 122 Å². The minimum absolute atomic E-state index is 0.186. The van der Waals surface area contributed by atoms with Crippen LogP contribution in [0.1, 0.15) is 31.2 Å². The van der Waals surface area contributed by atoms with Crippen molar-refractivity contribution >= 4 is 16.8 Å². The first-order valence-corrected chi connectivity index (χ1v) is 13.9. The Balaban J connectivity index is 1.26.